The minimum Gasteiger partial charge on any atom is -0.0631 e. The van der Waals surface area contributed by atoms with Crippen LogP contribution in [0.25, 0.3) is 0 Å². The third-order valence-corrected chi connectivity index (χ3v) is 97.9. The van der Waals surface area contributed by atoms with Gasteiger partial charge in [-0.05, 0) is 0 Å². The van der Waals surface area contributed by atoms with Crippen LogP contribution in [0.15, 0.2) is 364 Å². The van der Waals surface area contributed by atoms with Gasteiger partial charge in [-0.15, -0.1) is 0 Å². The fraction of sp³-hybridized carbons (Fsp3) is 0. The van der Waals surface area contributed by atoms with Crippen molar-refractivity contribution in [2.45, 2.75) is 0 Å². The van der Waals surface area contributed by atoms with Crippen molar-refractivity contribution in [1.29, 1.82) is 0 Å². The van der Waals surface area contributed by atoms with E-state index >= 15 is 0 Å². The quantitative estimate of drug-likeness (QED) is 0.0812. The van der Waals surface area contributed by atoms with Crippen LogP contribution in [0.2, 0.25) is 0 Å². The van der Waals surface area contributed by atoms with Gasteiger partial charge in [0, 0.05) is 0 Å². The molecule has 12 aromatic carbocycles. The van der Waals surface area contributed by atoms with Crippen LogP contribution in [0.4, 0.5) is 0 Å². The molecule has 0 N–H and O–H groups in total. The van der Waals surface area contributed by atoms with Crippen molar-refractivity contribution < 1.29 is 0 Å². The molecule has 0 saturated carbocycles. The van der Waals surface area contributed by atoms with Gasteiger partial charge in [-0.2, -0.15) is 0 Å². The summed E-state index contributed by atoms with van der Waals surface area (Å²) in [6.45, 7) is 0. The van der Waals surface area contributed by atoms with E-state index < -0.39 is 45.1 Å². The van der Waals surface area contributed by atoms with E-state index in [1.807, 2.05) is 0 Å². The molecule has 78 heavy (non-hydrogen) atoms. The SMILES string of the molecule is c1ccc([Si](c2ccccc2)[Si](c2ccccc2)(c2ccccc2)[Si](c2ccccc2)(c2ccccc2)[Si](c2ccccc2)(c2ccccc2)[Si](c2ccccc2)(c2ccccc2)[Si](c2ccccc2)c2ccccc2)cc1. The fourth-order valence-electron chi connectivity index (χ4n) is 13.9. The molecule has 0 aliphatic rings. The molecule has 0 aliphatic heterocycles. The third-order valence-electron chi connectivity index (χ3n) is 16.3. The van der Waals surface area contributed by atoms with Gasteiger partial charge in [0.1, 0.15) is 45.1 Å². The van der Waals surface area contributed by atoms with Crippen LogP contribution in [0, 0.1) is 0 Å². The first kappa shape index (κ1) is 50.7. The lowest BCUT2D eigenvalue weighted by Gasteiger charge is -2.67. The third kappa shape index (κ3) is 8.35. The van der Waals surface area contributed by atoms with Crippen LogP contribution in [0.5, 0.6) is 0 Å². The zero-order chi connectivity index (χ0) is 52.5. The average Bonchev–Trinajstić information content (AvgIpc) is 3.32. The zero-order valence-electron chi connectivity index (χ0n) is 43.6. The highest BCUT2D eigenvalue weighted by molar-refractivity contribution is 8.10. The maximum atomic E-state index is 2.64. The Morgan fingerprint density at radius 1 is 0.141 bits per heavy atom. The maximum absolute atomic E-state index is 3.92. The Morgan fingerprint density at radius 3 is 0.423 bits per heavy atom. The molecule has 0 bridgehead atoms. The number of benzene rings is 12. The zero-order valence-corrected chi connectivity index (χ0v) is 49.6. The van der Waals surface area contributed by atoms with Crippen molar-refractivity contribution in [1.82, 2.24) is 0 Å². The summed E-state index contributed by atoms with van der Waals surface area (Å²) in [6.07, 6.45) is 0. The lowest BCUT2D eigenvalue weighted by molar-refractivity contribution is 1.68. The molecule has 372 valence electrons. The second-order valence-electron chi connectivity index (χ2n) is 20.1. The van der Waals surface area contributed by atoms with Crippen molar-refractivity contribution in [2.24, 2.45) is 0 Å². The van der Waals surface area contributed by atoms with E-state index in [-0.39, 0.29) is 0 Å². The number of hydrogen-bond acceptors (Lipinski definition) is 0. The van der Waals surface area contributed by atoms with Crippen molar-refractivity contribution in [3.8, 4) is 0 Å². The van der Waals surface area contributed by atoms with Gasteiger partial charge in [-0.25, -0.2) is 0 Å². The van der Waals surface area contributed by atoms with Crippen LogP contribution >= 0.6 is 0 Å². The second-order valence-corrected chi connectivity index (χ2v) is 61.6. The summed E-state index contributed by atoms with van der Waals surface area (Å²) in [4.78, 5) is 0. The van der Waals surface area contributed by atoms with E-state index in [2.05, 4.69) is 364 Å². The summed E-state index contributed by atoms with van der Waals surface area (Å²) in [7, 11) is -19.1. The van der Waals surface area contributed by atoms with Crippen molar-refractivity contribution >= 4 is 107 Å². The molecular weight excluding hydrogens is 1030 g/mol. The Morgan fingerprint density at radius 2 is 0.269 bits per heavy atom. The first-order valence-electron chi connectivity index (χ1n) is 27.2. The van der Waals surface area contributed by atoms with Crippen LogP contribution in [-0.4, -0.2) is 45.1 Å². The molecule has 6 heteroatoms. The monoisotopic (exact) mass is 1090 g/mol. The number of rotatable bonds is 17. The Hall–Kier alpha value is -8.06. The Balaban J connectivity index is 1.53. The van der Waals surface area contributed by atoms with E-state index in [1.54, 1.807) is 0 Å². The highest BCUT2D eigenvalue weighted by atomic mass is 30.0. The molecule has 0 saturated heterocycles. The molecule has 0 spiro atoms. The topological polar surface area (TPSA) is 0 Å². The van der Waals surface area contributed by atoms with E-state index in [9.17, 15) is 0 Å². The Labute approximate surface area is 467 Å². The molecule has 0 nitrogen and oxygen atoms in total. The molecule has 2 radical (unpaired) electrons. The normalized spacial score (nSPS) is 12.1. The summed E-state index contributed by atoms with van der Waals surface area (Å²) < 4.78 is 0. The van der Waals surface area contributed by atoms with Gasteiger partial charge >= 0.3 is 0 Å². The first-order valence-corrected chi connectivity index (χ1v) is 43.2. The Kier molecular flexibility index (Phi) is 14.9. The van der Waals surface area contributed by atoms with Gasteiger partial charge in [0.15, 0.2) is 0 Å². The largest absolute Gasteiger partial charge is 0.121 e. The summed E-state index contributed by atoms with van der Waals surface area (Å²) >= 11 is 0. The van der Waals surface area contributed by atoms with Crippen molar-refractivity contribution in [3.05, 3.63) is 364 Å². The molecule has 12 aromatic rings. The Bertz CT molecular complexity index is 3260. The predicted molar refractivity (Wildman–Crippen MR) is 347 cm³/mol. The maximum Gasteiger partial charge on any atom is 0.121 e. The van der Waals surface area contributed by atoms with Crippen molar-refractivity contribution in [2.75, 3.05) is 0 Å². The van der Waals surface area contributed by atoms with E-state index in [1.165, 1.54) is 62.2 Å². The molecular formula is C72H60Si6. The average molecular weight is 1090 g/mol. The standard InChI is InChI=1S/C72H60Si6/c1-13-37-61(38-14-1)73(62-39-15-2-16-40-62)75(65-45-21-5-22-46-65,66-47-23-6-24-48-66)77(69-53-29-9-30-54-69,70-55-31-10-32-56-70)78(71-57-33-11-34-58-71,72-59-35-12-36-60-72)76(67-49-25-7-26-50-67,68-51-27-8-28-52-68)74(63-41-17-3-18-42-63)64-43-19-4-20-44-64/h1-60H. The minimum absolute atomic E-state index is 1.45. The molecule has 0 aliphatic carbocycles. The fourth-order valence-corrected chi connectivity index (χ4v) is 145. The molecule has 0 atom stereocenters. The van der Waals surface area contributed by atoms with Gasteiger partial charge in [0.25, 0.3) is 0 Å². The summed E-state index contributed by atoms with van der Waals surface area (Å²) in [5.41, 5.74) is 0. The highest BCUT2D eigenvalue weighted by Crippen LogP contribution is 2.39. The van der Waals surface area contributed by atoms with Gasteiger partial charge in [0.05, 0.1) is 0 Å². The van der Waals surface area contributed by atoms with Crippen LogP contribution in [0.1, 0.15) is 0 Å². The van der Waals surface area contributed by atoms with Gasteiger partial charge in [-0.3, -0.25) is 0 Å². The lowest BCUT2D eigenvalue weighted by Crippen LogP contribution is -3.12. The molecule has 0 unspecified atom stereocenters. The van der Waals surface area contributed by atoms with Gasteiger partial charge < -0.3 is 0 Å². The molecule has 12 rings (SSSR count). The van der Waals surface area contributed by atoms with Crippen molar-refractivity contribution in [3.63, 3.8) is 0 Å². The molecule has 0 amide bonds. The van der Waals surface area contributed by atoms with Crippen LogP contribution in [-0.2, 0) is 0 Å². The minimum atomic E-state index is -3.92. The number of hydrogen-bond donors (Lipinski definition) is 0. The lowest BCUT2D eigenvalue weighted by atomic mass is 10.4. The predicted octanol–water partition coefficient (Wildman–Crippen LogP) is 8.05. The highest BCUT2D eigenvalue weighted by Gasteiger charge is 2.81. The molecule has 0 heterocycles. The van der Waals surface area contributed by atoms with Gasteiger partial charge in [0.2, 0.25) is 0 Å². The summed E-state index contributed by atoms with van der Waals surface area (Å²) in [6, 6.07) is 146. The molecule has 0 fully saturated rings. The van der Waals surface area contributed by atoms with Crippen LogP contribution in [0.3, 0.4) is 0 Å². The van der Waals surface area contributed by atoms with Gasteiger partial charge in [-0.1, -0.05) is 426 Å². The van der Waals surface area contributed by atoms with E-state index in [0.29, 0.717) is 0 Å². The summed E-state index contributed by atoms with van der Waals surface area (Å²) in [5, 5.41) is 17.8. The van der Waals surface area contributed by atoms with E-state index in [4.69, 9.17) is 0 Å². The summed E-state index contributed by atoms with van der Waals surface area (Å²) in [5.74, 6) is 0. The molecule has 0 aromatic heterocycles. The van der Waals surface area contributed by atoms with Crippen LogP contribution < -0.4 is 62.2 Å². The van der Waals surface area contributed by atoms with E-state index in [0.717, 1.165) is 0 Å². The second kappa shape index (κ2) is 22.9. The first-order chi connectivity index (χ1) is 38.8. The smallest absolute Gasteiger partial charge is 0.0631 e.